The Morgan fingerprint density at radius 1 is 1.40 bits per heavy atom. The summed E-state index contributed by atoms with van der Waals surface area (Å²) >= 11 is 0. The topological polar surface area (TPSA) is 21.3 Å². The Hall–Kier alpha value is -0.340. The van der Waals surface area contributed by atoms with Crippen LogP contribution in [0.25, 0.3) is 0 Å². The zero-order valence-electron chi connectivity index (χ0n) is 10.5. The lowest BCUT2D eigenvalue weighted by atomic mass is 10.0. The Balaban J connectivity index is 2.60. The number of nitrogens with one attached hydrogen (secondary N) is 1. The van der Waals surface area contributed by atoms with E-state index in [1.165, 1.54) is 18.4 Å². The lowest BCUT2D eigenvalue weighted by Crippen LogP contribution is -2.41. The number of allylic oxidation sites excluding steroid dienone is 1. The van der Waals surface area contributed by atoms with Crippen molar-refractivity contribution in [3.63, 3.8) is 0 Å². The maximum absolute atomic E-state index is 5.87. The quantitative estimate of drug-likeness (QED) is 0.654. The van der Waals surface area contributed by atoms with Crippen molar-refractivity contribution in [2.45, 2.75) is 52.7 Å². The molecule has 2 unspecified atom stereocenters. The first-order valence-corrected chi connectivity index (χ1v) is 6.19. The van der Waals surface area contributed by atoms with Crippen LogP contribution in [0.15, 0.2) is 11.6 Å². The second-order valence-electron chi connectivity index (χ2n) is 4.58. The first-order valence-electron chi connectivity index (χ1n) is 6.19. The van der Waals surface area contributed by atoms with Crippen LogP contribution in [0.1, 0.15) is 40.5 Å². The number of likely N-dealkylation sites (N-methyl/N-ethyl adjacent to an activating group) is 1. The minimum atomic E-state index is 0.379. The van der Waals surface area contributed by atoms with Gasteiger partial charge in [0.1, 0.15) is 0 Å². The number of rotatable bonds is 7. The summed E-state index contributed by atoms with van der Waals surface area (Å²) in [5.41, 5.74) is 1.37. The largest absolute Gasteiger partial charge is 0.376 e. The van der Waals surface area contributed by atoms with Crippen molar-refractivity contribution < 1.29 is 4.74 Å². The Morgan fingerprint density at radius 3 is 2.47 bits per heavy atom. The number of hydrogen-bond acceptors (Lipinski definition) is 2. The van der Waals surface area contributed by atoms with Gasteiger partial charge >= 0.3 is 0 Å². The van der Waals surface area contributed by atoms with Gasteiger partial charge in [-0.15, -0.1) is 0 Å². The van der Waals surface area contributed by atoms with Gasteiger partial charge in [-0.05, 0) is 46.1 Å². The Kier molecular flexibility index (Phi) is 5.34. The molecule has 0 saturated heterocycles. The molecule has 1 aliphatic rings. The highest BCUT2D eigenvalue weighted by atomic mass is 16.5. The molecule has 2 heteroatoms. The molecule has 0 bridgehead atoms. The standard InChI is InChI=1S/C13H25NO/c1-5-14-12(9-10(3)4)13(15-6-2)11-7-8-11/h9,11-14H,5-8H2,1-4H3. The van der Waals surface area contributed by atoms with Crippen LogP contribution in [0.2, 0.25) is 0 Å². The van der Waals surface area contributed by atoms with Gasteiger partial charge < -0.3 is 10.1 Å². The van der Waals surface area contributed by atoms with E-state index >= 15 is 0 Å². The summed E-state index contributed by atoms with van der Waals surface area (Å²) < 4.78 is 5.87. The maximum atomic E-state index is 5.87. The van der Waals surface area contributed by atoms with E-state index in [-0.39, 0.29) is 0 Å². The zero-order chi connectivity index (χ0) is 11.3. The Labute approximate surface area is 94.1 Å². The first kappa shape index (κ1) is 12.7. The summed E-state index contributed by atoms with van der Waals surface area (Å²) in [6.07, 6.45) is 5.36. The molecule has 1 fully saturated rings. The summed E-state index contributed by atoms with van der Waals surface area (Å²) in [6.45, 7) is 10.4. The molecule has 0 amide bonds. The highest BCUT2D eigenvalue weighted by Gasteiger charge is 2.35. The first-order chi connectivity index (χ1) is 7.19. The minimum Gasteiger partial charge on any atom is -0.376 e. The van der Waals surface area contributed by atoms with Gasteiger partial charge in [0.15, 0.2) is 0 Å². The molecule has 88 valence electrons. The molecule has 0 spiro atoms. The third kappa shape index (κ3) is 4.35. The molecule has 0 aromatic heterocycles. The summed E-state index contributed by atoms with van der Waals surface area (Å²) in [4.78, 5) is 0. The van der Waals surface area contributed by atoms with Gasteiger partial charge in [-0.1, -0.05) is 18.6 Å². The van der Waals surface area contributed by atoms with Gasteiger partial charge in [0.2, 0.25) is 0 Å². The van der Waals surface area contributed by atoms with Crippen LogP contribution in [0.3, 0.4) is 0 Å². The van der Waals surface area contributed by atoms with E-state index in [4.69, 9.17) is 4.74 Å². The van der Waals surface area contributed by atoms with Gasteiger partial charge in [0.25, 0.3) is 0 Å². The summed E-state index contributed by atoms with van der Waals surface area (Å²) in [5.74, 6) is 0.782. The lowest BCUT2D eigenvalue weighted by Gasteiger charge is -2.25. The smallest absolute Gasteiger partial charge is 0.0791 e. The van der Waals surface area contributed by atoms with Gasteiger partial charge in [0, 0.05) is 6.61 Å². The average molecular weight is 211 g/mol. The van der Waals surface area contributed by atoms with Crippen LogP contribution in [0.4, 0.5) is 0 Å². The molecule has 1 aliphatic carbocycles. The van der Waals surface area contributed by atoms with Crippen molar-refractivity contribution >= 4 is 0 Å². The van der Waals surface area contributed by atoms with Crippen molar-refractivity contribution in [3.05, 3.63) is 11.6 Å². The lowest BCUT2D eigenvalue weighted by molar-refractivity contribution is 0.0307. The Bertz CT molecular complexity index is 205. The Morgan fingerprint density at radius 2 is 2.07 bits per heavy atom. The predicted octanol–water partition coefficient (Wildman–Crippen LogP) is 2.75. The van der Waals surface area contributed by atoms with E-state index in [1.54, 1.807) is 0 Å². The molecular formula is C13H25NO. The van der Waals surface area contributed by atoms with Gasteiger partial charge in [-0.25, -0.2) is 0 Å². The van der Waals surface area contributed by atoms with E-state index in [9.17, 15) is 0 Å². The van der Waals surface area contributed by atoms with Gasteiger partial charge in [0.05, 0.1) is 12.1 Å². The van der Waals surface area contributed by atoms with E-state index in [2.05, 4.69) is 39.1 Å². The van der Waals surface area contributed by atoms with Gasteiger partial charge in [-0.3, -0.25) is 0 Å². The van der Waals surface area contributed by atoms with E-state index in [1.807, 2.05) is 0 Å². The van der Waals surface area contributed by atoms with Crippen LogP contribution in [0.5, 0.6) is 0 Å². The summed E-state index contributed by atoms with van der Waals surface area (Å²) in [5, 5.41) is 3.52. The van der Waals surface area contributed by atoms with Gasteiger partial charge in [-0.2, -0.15) is 0 Å². The normalized spacial score (nSPS) is 19.7. The average Bonchev–Trinajstić information content (AvgIpc) is 2.96. The molecule has 0 aliphatic heterocycles. The monoisotopic (exact) mass is 211 g/mol. The van der Waals surface area contributed by atoms with Crippen molar-refractivity contribution in [1.29, 1.82) is 0 Å². The third-order valence-corrected chi connectivity index (χ3v) is 2.75. The molecule has 15 heavy (non-hydrogen) atoms. The number of ether oxygens (including phenoxy) is 1. The molecular weight excluding hydrogens is 186 g/mol. The van der Waals surface area contributed by atoms with Crippen molar-refractivity contribution in [1.82, 2.24) is 5.32 Å². The fraction of sp³-hybridized carbons (Fsp3) is 0.846. The van der Waals surface area contributed by atoms with Crippen LogP contribution in [-0.4, -0.2) is 25.3 Å². The molecule has 1 N–H and O–H groups in total. The van der Waals surface area contributed by atoms with Crippen LogP contribution < -0.4 is 5.32 Å². The maximum Gasteiger partial charge on any atom is 0.0791 e. The van der Waals surface area contributed by atoms with Crippen molar-refractivity contribution in [2.75, 3.05) is 13.2 Å². The highest BCUT2D eigenvalue weighted by Crippen LogP contribution is 2.36. The fourth-order valence-electron chi connectivity index (χ4n) is 2.01. The van der Waals surface area contributed by atoms with E-state index < -0.39 is 0 Å². The van der Waals surface area contributed by atoms with Crippen molar-refractivity contribution in [3.8, 4) is 0 Å². The van der Waals surface area contributed by atoms with Crippen LogP contribution in [0, 0.1) is 5.92 Å². The second kappa shape index (κ2) is 6.29. The molecule has 0 radical (unpaired) electrons. The minimum absolute atomic E-state index is 0.379. The van der Waals surface area contributed by atoms with Crippen LogP contribution >= 0.6 is 0 Å². The summed E-state index contributed by atoms with van der Waals surface area (Å²) in [6, 6.07) is 0.396. The molecule has 0 heterocycles. The second-order valence-corrected chi connectivity index (χ2v) is 4.58. The molecule has 2 nitrogen and oxygen atoms in total. The molecule has 0 aromatic rings. The SMILES string of the molecule is CCNC(C=C(C)C)C(OCC)C1CC1. The van der Waals surface area contributed by atoms with Crippen LogP contribution in [-0.2, 0) is 4.74 Å². The molecule has 1 saturated carbocycles. The predicted molar refractivity (Wildman–Crippen MR) is 65.0 cm³/mol. The zero-order valence-corrected chi connectivity index (χ0v) is 10.5. The molecule has 1 rings (SSSR count). The number of hydrogen-bond donors (Lipinski definition) is 1. The molecule has 2 atom stereocenters. The summed E-state index contributed by atoms with van der Waals surface area (Å²) in [7, 11) is 0. The fourth-order valence-corrected chi connectivity index (χ4v) is 2.01. The highest BCUT2D eigenvalue weighted by molar-refractivity contribution is 5.06. The third-order valence-electron chi connectivity index (χ3n) is 2.75. The van der Waals surface area contributed by atoms with E-state index in [0.717, 1.165) is 19.1 Å². The van der Waals surface area contributed by atoms with Crippen molar-refractivity contribution in [2.24, 2.45) is 5.92 Å². The molecule has 0 aromatic carbocycles. The van der Waals surface area contributed by atoms with E-state index in [0.29, 0.717) is 12.1 Å².